The van der Waals surface area contributed by atoms with Crippen molar-refractivity contribution in [2.24, 2.45) is 5.10 Å². The lowest BCUT2D eigenvalue weighted by Gasteiger charge is -2.54. The highest BCUT2D eigenvalue weighted by Gasteiger charge is 2.66. The number of anilines is 1. The molecule has 4 rings (SSSR count). The summed E-state index contributed by atoms with van der Waals surface area (Å²) in [5, 5.41) is 3.40. The summed E-state index contributed by atoms with van der Waals surface area (Å²) in [4.78, 5) is 14.6. The zero-order valence-electron chi connectivity index (χ0n) is 17.3. The van der Waals surface area contributed by atoms with Crippen molar-refractivity contribution in [2.45, 2.75) is 24.2 Å². The fraction of sp³-hybridized carbons (Fsp3) is 0.333. The Morgan fingerprint density at radius 1 is 1.06 bits per heavy atom. The number of hydrogen-bond acceptors (Lipinski definition) is 6. The first kappa shape index (κ1) is 21.7. The number of halogens is 4. The molecule has 32 heavy (non-hydrogen) atoms. The number of methoxy groups -OCH3 is 3. The number of rotatable bonds is 5. The van der Waals surface area contributed by atoms with Gasteiger partial charge in [-0.1, -0.05) is 12.1 Å². The number of nitrogens with zero attached hydrogens (tertiary/aromatic N) is 2. The fourth-order valence-electron chi connectivity index (χ4n) is 4.11. The van der Waals surface area contributed by atoms with Crippen LogP contribution in [0.4, 0.5) is 23.2 Å². The molecule has 0 saturated carbocycles. The minimum Gasteiger partial charge on any atom is -0.493 e. The van der Waals surface area contributed by atoms with E-state index in [0.717, 1.165) is 0 Å². The van der Waals surface area contributed by atoms with E-state index in [2.05, 4.69) is 10.5 Å². The highest BCUT2D eigenvalue weighted by molar-refractivity contribution is 6.13. The molecule has 1 saturated heterocycles. The van der Waals surface area contributed by atoms with E-state index in [1.165, 1.54) is 62.6 Å². The van der Waals surface area contributed by atoms with Crippen LogP contribution in [0.2, 0.25) is 0 Å². The standard InChI is InChI=1S/C21H19F4N3O4/c1-30-14-8-13(9-15(31-2)17(14)32-3)28-18(11-4-6-12(22)7-5-11)20(19(28)29)10-16(26-27-20)21(23,24)25/h4-9,18,27H,10H2,1-3H3/t18-,20-/m1/s1. The molecule has 0 unspecified atom stereocenters. The number of hydrogen-bond donors (Lipinski definition) is 1. The van der Waals surface area contributed by atoms with E-state index in [0.29, 0.717) is 17.0 Å². The van der Waals surface area contributed by atoms with Crippen molar-refractivity contribution >= 4 is 17.3 Å². The Kier molecular flexibility index (Phi) is 5.14. The monoisotopic (exact) mass is 453 g/mol. The largest absolute Gasteiger partial charge is 0.493 e. The molecular weight excluding hydrogens is 434 g/mol. The van der Waals surface area contributed by atoms with Crippen molar-refractivity contribution in [3.8, 4) is 17.2 Å². The van der Waals surface area contributed by atoms with Gasteiger partial charge in [-0.15, -0.1) is 0 Å². The molecule has 2 aliphatic rings. The normalized spacial score (nSPS) is 22.3. The lowest BCUT2D eigenvalue weighted by atomic mass is 9.72. The molecule has 0 radical (unpaired) electrons. The number of ether oxygens (including phenoxy) is 3. The second kappa shape index (κ2) is 7.57. The fourth-order valence-corrected chi connectivity index (χ4v) is 4.11. The number of carbonyl (C=O) groups is 1. The third-order valence-electron chi connectivity index (χ3n) is 5.60. The summed E-state index contributed by atoms with van der Waals surface area (Å²) >= 11 is 0. The highest BCUT2D eigenvalue weighted by atomic mass is 19.4. The van der Waals surface area contributed by atoms with E-state index in [4.69, 9.17) is 14.2 Å². The minimum absolute atomic E-state index is 0.264. The van der Waals surface area contributed by atoms with Crippen molar-refractivity contribution in [3.05, 3.63) is 47.8 Å². The van der Waals surface area contributed by atoms with Crippen molar-refractivity contribution < 1.29 is 36.6 Å². The number of β-lactam (4-membered cyclic amide) rings is 1. The Bertz CT molecular complexity index is 1060. The first-order chi connectivity index (χ1) is 15.2. The van der Waals surface area contributed by atoms with Gasteiger partial charge >= 0.3 is 6.18 Å². The molecule has 7 nitrogen and oxygen atoms in total. The Labute approximate surface area is 180 Å². The van der Waals surface area contributed by atoms with Gasteiger partial charge in [0.1, 0.15) is 11.5 Å². The van der Waals surface area contributed by atoms with Gasteiger partial charge in [-0.3, -0.25) is 15.1 Å². The molecule has 0 aliphatic carbocycles. The molecule has 1 amide bonds. The number of benzene rings is 2. The van der Waals surface area contributed by atoms with Gasteiger partial charge < -0.3 is 14.2 Å². The van der Waals surface area contributed by atoms with Crippen LogP contribution in [0.5, 0.6) is 17.2 Å². The van der Waals surface area contributed by atoms with Crippen LogP contribution in [0, 0.1) is 5.82 Å². The van der Waals surface area contributed by atoms with E-state index < -0.39 is 41.6 Å². The zero-order chi connectivity index (χ0) is 23.3. The first-order valence-electron chi connectivity index (χ1n) is 9.46. The van der Waals surface area contributed by atoms with E-state index in [-0.39, 0.29) is 11.5 Å². The molecular formula is C21H19F4N3O4. The summed E-state index contributed by atoms with van der Waals surface area (Å²) in [5.74, 6) is -0.315. The molecule has 1 spiro atoms. The van der Waals surface area contributed by atoms with Gasteiger partial charge in [0, 0.05) is 18.6 Å². The number of hydrazone groups is 1. The van der Waals surface area contributed by atoms with Crippen LogP contribution in [0.3, 0.4) is 0 Å². The second-order valence-electron chi connectivity index (χ2n) is 7.33. The van der Waals surface area contributed by atoms with Crippen LogP contribution in [0.25, 0.3) is 0 Å². The van der Waals surface area contributed by atoms with E-state index in [1.807, 2.05) is 0 Å². The molecule has 0 aromatic heterocycles. The van der Waals surface area contributed by atoms with E-state index in [1.54, 1.807) is 0 Å². The van der Waals surface area contributed by atoms with Gasteiger partial charge in [0.05, 0.1) is 33.1 Å². The maximum Gasteiger partial charge on any atom is 0.431 e. The molecule has 2 aliphatic heterocycles. The van der Waals surface area contributed by atoms with Gasteiger partial charge in [-0.25, -0.2) is 4.39 Å². The van der Waals surface area contributed by atoms with Gasteiger partial charge in [0.15, 0.2) is 17.0 Å². The number of amides is 1. The summed E-state index contributed by atoms with van der Waals surface area (Å²) in [6, 6.07) is 7.34. The van der Waals surface area contributed by atoms with Gasteiger partial charge in [0.2, 0.25) is 5.75 Å². The van der Waals surface area contributed by atoms with Crippen LogP contribution in [-0.4, -0.2) is 44.7 Å². The highest BCUT2D eigenvalue weighted by Crippen LogP contribution is 2.53. The van der Waals surface area contributed by atoms with Gasteiger partial charge in [-0.05, 0) is 17.7 Å². The molecule has 170 valence electrons. The lowest BCUT2D eigenvalue weighted by molar-refractivity contribution is -0.134. The average molecular weight is 453 g/mol. The summed E-state index contributed by atoms with van der Waals surface area (Å²) in [7, 11) is 4.23. The first-order valence-corrected chi connectivity index (χ1v) is 9.46. The van der Waals surface area contributed by atoms with Crippen molar-refractivity contribution in [2.75, 3.05) is 26.2 Å². The smallest absolute Gasteiger partial charge is 0.431 e. The van der Waals surface area contributed by atoms with Crippen LogP contribution in [0.15, 0.2) is 41.5 Å². The summed E-state index contributed by atoms with van der Waals surface area (Å²) in [5.41, 5.74) is 0.431. The van der Waals surface area contributed by atoms with E-state index >= 15 is 0 Å². The number of alkyl halides is 3. The predicted molar refractivity (Wildman–Crippen MR) is 107 cm³/mol. The van der Waals surface area contributed by atoms with Crippen LogP contribution in [0.1, 0.15) is 18.0 Å². The molecule has 11 heteroatoms. The van der Waals surface area contributed by atoms with Crippen LogP contribution >= 0.6 is 0 Å². The maximum absolute atomic E-state index is 13.5. The average Bonchev–Trinajstić information content (AvgIpc) is 3.25. The summed E-state index contributed by atoms with van der Waals surface area (Å²) in [6.45, 7) is 0. The molecule has 2 aromatic carbocycles. The summed E-state index contributed by atoms with van der Waals surface area (Å²) in [6.07, 6.45) is -5.34. The quantitative estimate of drug-likeness (QED) is 0.554. The molecule has 2 heterocycles. The molecule has 0 bridgehead atoms. The molecule has 2 aromatic rings. The van der Waals surface area contributed by atoms with E-state index in [9.17, 15) is 22.4 Å². The van der Waals surface area contributed by atoms with Gasteiger partial charge in [-0.2, -0.15) is 18.3 Å². The lowest BCUT2D eigenvalue weighted by Crippen LogP contribution is -2.73. The van der Waals surface area contributed by atoms with Gasteiger partial charge in [0.25, 0.3) is 5.91 Å². The molecule has 1 N–H and O–H groups in total. The third-order valence-corrected chi connectivity index (χ3v) is 5.60. The number of carbonyl (C=O) groups excluding carboxylic acids is 1. The molecule has 1 fully saturated rings. The Hall–Kier alpha value is -3.50. The Balaban J connectivity index is 1.81. The Morgan fingerprint density at radius 3 is 2.12 bits per heavy atom. The third kappa shape index (κ3) is 3.19. The number of nitrogens with one attached hydrogen (secondary N) is 1. The minimum atomic E-state index is -4.68. The van der Waals surface area contributed by atoms with Crippen LogP contribution < -0.4 is 24.5 Å². The maximum atomic E-state index is 13.5. The molecule has 2 atom stereocenters. The topological polar surface area (TPSA) is 72.4 Å². The van der Waals surface area contributed by atoms with Crippen molar-refractivity contribution in [1.82, 2.24) is 5.43 Å². The Morgan fingerprint density at radius 2 is 1.66 bits per heavy atom. The zero-order valence-corrected chi connectivity index (χ0v) is 17.3. The van der Waals surface area contributed by atoms with Crippen molar-refractivity contribution in [3.63, 3.8) is 0 Å². The van der Waals surface area contributed by atoms with Crippen LogP contribution in [-0.2, 0) is 4.79 Å². The summed E-state index contributed by atoms with van der Waals surface area (Å²) < 4.78 is 69.3. The van der Waals surface area contributed by atoms with Crippen molar-refractivity contribution in [1.29, 1.82) is 0 Å². The predicted octanol–water partition coefficient (Wildman–Crippen LogP) is 3.59. The second-order valence-corrected chi connectivity index (χ2v) is 7.33. The SMILES string of the molecule is COc1cc(N2C(=O)[C@@]3(CC(C(F)(F)F)=NN3)[C@H]2c2ccc(F)cc2)cc(OC)c1OC.